The Balaban J connectivity index is 1.51. The van der Waals surface area contributed by atoms with Crippen molar-refractivity contribution in [1.29, 1.82) is 0 Å². The minimum absolute atomic E-state index is 0.0203. The normalized spacial score (nSPS) is 21.6. The van der Waals surface area contributed by atoms with Crippen molar-refractivity contribution in [1.82, 2.24) is 9.97 Å². The van der Waals surface area contributed by atoms with Gasteiger partial charge in [-0.2, -0.15) is 4.39 Å². The molecule has 2 heterocycles. The summed E-state index contributed by atoms with van der Waals surface area (Å²) in [6.07, 6.45) is 3.58. The second-order valence-corrected chi connectivity index (χ2v) is 8.18. The van der Waals surface area contributed by atoms with Crippen LogP contribution < -0.4 is 10.2 Å². The van der Waals surface area contributed by atoms with Crippen LogP contribution in [0.1, 0.15) is 37.3 Å². The summed E-state index contributed by atoms with van der Waals surface area (Å²) in [5.41, 5.74) is -0.311. The number of halogens is 3. The van der Waals surface area contributed by atoms with Crippen LogP contribution in [0.3, 0.4) is 0 Å². The molecule has 0 amide bonds. The van der Waals surface area contributed by atoms with E-state index in [0.717, 1.165) is 25.3 Å². The van der Waals surface area contributed by atoms with Gasteiger partial charge in [-0.05, 0) is 18.4 Å². The lowest BCUT2D eigenvalue weighted by Gasteiger charge is -2.26. The Kier molecular flexibility index (Phi) is 5.59. The summed E-state index contributed by atoms with van der Waals surface area (Å²) in [5.74, 6) is -3.31. The van der Waals surface area contributed by atoms with Crippen LogP contribution in [0.4, 0.5) is 24.8 Å². The highest BCUT2D eigenvalue weighted by Gasteiger charge is 2.35. The molecule has 1 aliphatic carbocycles. The molecule has 6 nitrogen and oxygen atoms in total. The maximum atomic E-state index is 15.2. The molecule has 1 aromatic heterocycles. The zero-order chi connectivity index (χ0) is 21.4. The van der Waals surface area contributed by atoms with E-state index >= 15 is 4.39 Å². The third-order valence-corrected chi connectivity index (χ3v) is 5.51. The molecule has 1 unspecified atom stereocenters. The van der Waals surface area contributed by atoms with Crippen molar-refractivity contribution in [3.05, 3.63) is 47.5 Å². The third kappa shape index (κ3) is 4.67. The minimum Gasteiger partial charge on any atom is -0.386 e. The number of benzene rings is 1. The molecule has 2 N–H and O–H groups in total. The molecular formula is C21H25F3N4O2. The van der Waals surface area contributed by atoms with E-state index < -0.39 is 17.3 Å². The number of hydrogen-bond acceptors (Lipinski definition) is 6. The van der Waals surface area contributed by atoms with E-state index in [9.17, 15) is 13.9 Å². The lowest BCUT2D eigenvalue weighted by Crippen LogP contribution is -2.37. The van der Waals surface area contributed by atoms with E-state index in [1.165, 1.54) is 18.5 Å². The molecule has 9 heteroatoms. The number of nitrogens with one attached hydrogen (secondary N) is 1. The highest BCUT2D eigenvalue weighted by molar-refractivity contribution is 5.53. The molecule has 1 aliphatic heterocycles. The fraction of sp³-hybridized carbons (Fsp3) is 0.524. The van der Waals surface area contributed by atoms with E-state index in [2.05, 4.69) is 15.3 Å². The molecule has 2 aliphatic rings. The number of aliphatic hydroxyl groups is 1. The Labute approximate surface area is 173 Å². The van der Waals surface area contributed by atoms with Crippen molar-refractivity contribution in [2.24, 2.45) is 0 Å². The minimum atomic E-state index is -2.90. The molecule has 0 spiro atoms. The van der Waals surface area contributed by atoms with Crippen LogP contribution in [0, 0.1) is 5.82 Å². The van der Waals surface area contributed by atoms with Gasteiger partial charge in [0, 0.05) is 44.6 Å². The van der Waals surface area contributed by atoms with Crippen LogP contribution >= 0.6 is 0 Å². The standard InChI is InChI=1S/C21H25F3N4O2/c1-20(23,24)15-4-2-14(3-5-15)10-28(16-6-7-16)19-17(22)18(26-13-27-19)25-11-21(29)8-9-30-12-21/h2-5,13,16,29H,6-12H2,1H3,(H,25,26,27). The number of nitrogens with zero attached hydrogens (tertiary/aromatic N) is 3. The first-order valence-electron chi connectivity index (χ1n) is 10.0. The molecule has 2 fully saturated rings. The van der Waals surface area contributed by atoms with Gasteiger partial charge < -0.3 is 20.1 Å². The van der Waals surface area contributed by atoms with Crippen LogP contribution in [0.2, 0.25) is 0 Å². The molecule has 2 aromatic rings. The average Bonchev–Trinajstić information content (AvgIpc) is 3.46. The number of aromatic nitrogens is 2. The fourth-order valence-electron chi connectivity index (χ4n) is 3.53. The Bertz CT molecular complexity index is 879. The molecule has 162 valence electrons. The molecule has 0 bridgehead atoms. The number of anilines is 2. The zero-order valence-corrected chi connectivity index (χ0v) is 16.7. The maximum Gasteiger partial charge on any atom is 0.270 e. The first-order chi connectivity index (χ1) is 14.3. The van der Waals surface area contributed by atoms with Crippen LogP contribution in [0.5, 0.6) is 0 Å². The van der Waals surface area contributed by atoms with E-state index in [1.807, 2.05) is 4.90 Å². The number of rotatable bonds is 8. The molecule has 1 aromatic carbocycles. The summed E-state index contributed by atoms with van der Waals surface area (Å²) < 4.78 is 47.3. The van der Waals surface area contributed by atoms with Crippen LogP contribution in [0.15, 0.2) is 30.6 Å². The van der Waals surface area contributed by atoms with E-state index in [-0.39, 0.29) is 36.4 Å². The third-order valence-electron chi connectivity index (χ3n) is 5.51. The summed E-state index contributed by atoms with van der Waals surface area (Å²) >= 11 is 0. The first kappa shape index (κ1) is 20.9. The smallest absolute Gasteiger partial charge is 0.270 e. The molecule has 1 saturated carbocycles. The van der Waals surface area contributed by atoms with Crippen molar-refractivity contribution >= 4 is 11.6 Å². The Morgan fingerprint density at radius 1 is 1.27 bits per heavy atom. The predicted molar refractivity (Wildman–Crippen MR) is 106 cm³/mol. The van der Waals surface area contributed by atoms with Gasteiger partial charge in [-0.3, -0.25) is 0 Å². The first-order valence-corrected chi connectivity index (χ1v) is 10.0. The zero-order valence-electron chi connectivity index (χ0n) is 16.7. The SMILES string of the molecule is CC(F)(F)c1ccc(CN(c2ncnc(NCC3(O)CCOC3)c2F)C2CC2)cc1. The van der Waals surface area contributed by atoms with Crippen LogP contribution in [-0.4, -0.2) is 46.5 Å². The summed E-state index contributed by atoms with van der Waals surface area (Å²) in [6.45, 7) is 1.99. The summed E-state index contributed by atoms with van der Waals surface area (Å²) in [5, 5.41) is 13.2. The summed E-state index contributed by atoms with van der Waals surface area (Å²) in [6, 6.07) is 6.20. The van der Waals surface area contributed by atoms with E-state index in [4.69, 9.17) is 4.74 Å². The highest BCUT2D eigenvalue weighted by atomic mass is 19.3. The molecular weight excluding hydrogens is 397 g/mol. The van der Waals surface area contributed by atoms with Gasteiger partial charge in [-0.15, -0.1) is 0 Å². The molecule has 30 heavy (non-hydrogen) atoms. The Morgan fingerprint density at radius 2 is 2.00 bits per heavy atom. The molecule has 1 atom stereocenters. The van der Waals surface area contributed by atoms with Gasteiger partial charge >= 0.3 is 0 Å². The van der Waals surface area contributed by atoms with E-state index in [0.29, 0.717) is 19.6 Å². The summed E-state index contributed by atoms with van der Waals surface area (Å²) in [7, 11) is 0. The number of ether oxygens (including phenoxy) is 1. The number of hydrogen-bond donors (Lipinski definition) is 2. The van der Waals surface area contributed by atoms with Gasteiger partial charge in [-0.1, -0.05) is 24.3 Å². The largest absolute Gasteiger partial charge is 0.386 e. The van der Waals surface area contributed by atoms with Crippen molar-refractivity contribution in [3.8, 4) is 0 Å². The van der Waals surface area contributed by atoms with Crippen LogP contribution in [0.25, 0.3) is 0 Å². The lowest BCUT2D eigenvalue weighted by molar-refractivity contribution is 0.0174. The lowest BCUT2D eigenvalue weighted by atomic mass is 10.0. The molecule has 0 radical (unpaired) electrons. The Hall–Kier alpha value is -2.39. The second kappa shape index (κ2) is 8.03. The van der Waals surface area contributed by atoms with Gasteiger partial charge in [0.2, 0.25) is 5.82 Å². The number of alkyl halides is 2. The van der Waals surface area contributed by atoms with E-state index in [1.54, 1.807) is 12.1 Å². The maximum absolute atomic E-state index is 15.2. The Morgan fingerprint density at radius 3 is 2.60 bits per heavy atom. The fourth-order valence-corrected chi connectivity index (χ4v) is 3.53. The highest BCUT2D eigenvalue weighted by Crippen LogP contribution is 2.35. The molecule has 1 saturated heterocycles. The predicted octanol–water partition coefficient (Wildman–Crippen LogP) is 3.46. The molecule has 4 rings (SSSR count). The monoisotopic (exact) mass is 422 g/mol. The van der Waals surface area contributed by atoms with Gasteiger partial charge in [0.15, 0.2) is 11.6 Å². The van der Waals surface area contributed by atoms with Gasteiger partial charge in [0.1, 0.15) is 11.9 Å². The van der Waals surface area contributed by atoms with Crippen molar-refractivity contribution in [2.45, 2.75) is 50.3 Å². The summed E-state index contributed by atoms with van der Waals surface area (Å²) in [4.78, 5) is 9.96. The van der Waals surface area contributed by atoms with Crippen LogP contribution in [-0.2, 0) is 17.2 Å². The average molecular weight is 422 g/mol. The quantitative estimate of drug-likeness (QED) is 0.679. The van der Waals surface area contributed by atoms with Crippen molar-refractivity contribution < 1.29 is 23.0 Å². The topological polar surface area (TPSA) is 70.5 Å². The van der Waals surface area contributed by atoms with Crippen molar-refractivity contribution in [2.75, 3.05) is 30.0 Å². The van der Waals surface area contributed by atoms with Gasteiger partial charge in [-0.25, -0.2) is 18.7 Å². The van der Waals surface area contributed by atoms with Gasteiger partial charge in [0.25, 0.3) is 5.92 Å². The van der Waals surface area contributed by atoms with Crippen molar-refractivity contribution in [3.63, 3.8) is 0 Å². The second-order valence-electron chi connectivity index (χ2n) is 8.18. The van der Waals surface area contributed by atoms with Gasteiger partial charge in [0.05, 0.1) is 6.61 Å².